The molecule has 0 saturated heterocycles. The molecule has 3 nitrogen and oxygen atoms in total. The van der Waals surface area contributed by atoms with Crippen LogP contribution in [0.1, 0.15) is 13.3 Å². The maximum absolute atomic E-state index is 13.3. The fraction of sp³-hybridized carbons (Fsp3) is 0.889. The van der Waals surface area contributed by atoms with E-state index in [2.05, 4.69) is 0 Å². The zero-order valence-corrected chi connectivity index (χ0v) is 10.2. The van der Waals surface area contributed by atoms with Crippen LogP contribution < -0.4 is 0 Å². The lowest BCUT2D eigenvalue weighted by atomic mass is 9.87. The minimum Gasteiger partial charge on any atom is -0.380 e. The minimum absolute atomic E-state index is 0.390. The number of amides is 1. The van der Waals surface area contributed by atoms with Gasteiger partial charge in [-0.15, -0.1) is 0 Å². The second kappa shape index (κ2) is 4.80. The zero-order chi connectivity index (χ0) is 15.9. The molecule has 0 aromatic rings. The fourth-order valence-corrected chi connectivity index (χ4v) is 1.39. The molecule has 1 atom stereocenters. The van der Waals surface area contributed by atoms with Gasteiger partial charge >= 0.3 is 18.0 Å². The van der Waals surface area contributed by atoms with Gasteiger partial charge in [-0.25, -0.2) is 4.39 Å². The van der Waals surface area contributed by atoms with Gasteiger partial charge in [-0.05, 0) is 6.92 Å². The van der Waals surface area contributed by atoms with E-state index in [0.29, 0.717) is 11.8 Å². The van der Waals surface area contributed by atoms with Crippen LogP contribution in [0.25, 0.3) is 0 Å². The SMILES string of the molecule is CN(C)C(=O)C(C)(O)CC(F)(C(F)(F)F)C(F)(F)F. The van der Waals surface area contributed by atoms with Crippen molar-refractivity contribution < 1.29 is 40.6 Å². The Morgan fingerprint density at radius 2 is 1.32 bits per heavy atom. The summed E-state index contributed by atoms with van der Waals surface area (Å²) in [6.45, 7) is 0.390. The molecule has 1 N–H and O–H groups in total. The number of nitrogens with zero attached hydrogens (tertiary/aromatic N) is 1. The molecule has 0 aliphatic heterocycles. The average molecular weight is 299 g/mol. The topological polar surface area (TPSA) is 40.5 Å². The number of hydrogen-bond donors (Lipinski definition) is 1. The molecule has 10 heteroatoms. The molecular weight excluding hydrogens is 287 g/mol. The lowest BCUT2D eigenvalue weighted by molar-refractivity contribution is -0.350. The summed E-state index contributed by atoms with van der Waals surface area (Å²) in [4.78, 5) is 11.8. The first-order valence-electron chi connectivity index (χ1n) is 4.83. The first-order chi connectivity index (χ1) is 8.06. The summed E-state index contributed by atoms with van der Waals surface area (Å²) in [6, 6.07) is 0. The van der Waals surface area contributed by atoms with Crippen LogP contribution in [0.5, 0.6) is 0 Å². The molecule has 114 valence electrons. The van der Waals surface area contributed by atoms with E-state index in [1.54, 1.807) is 0 Å². The fourth-order valence-electron chi connectivity index (χ4n) is 1.39. The lowest BCUT2D eigenvalue weighted by Gasteiger charge is -2.35. The molecule has 0 aliphatic carbocycles. The van der Waals surface area contributed by atoms with Gasteiger partial charge in [0.1, 0.15) is 5.60 Å². The smallest absolute Gasteiger partial charge is 0.380 e. The van der Waals surface area contributed by atoms with E-state index in [4.69, 9.17) is 0 Å². The third-order valence-electron chi connectivity index (χ3n) is 2.35. The van der Waals surface area contributed by atoms with Crippen LogP contribution in [0.3, 0.4) is 0 Å². The third-order valence-corrected chi connectivity index (χ3v) is 2.35. The monoisotopic (exact) mass is 299 g/mol. The Balaban J connectivity index is 5.57. The van der Waals surface area contributed by atoms with Crippen LogP contribution in [0, 0.1) is 0 Å². The summed E-state index contributed by atoms with van der Waals surface area (Å²) in [5, 5.41) is 9.38. The van der Waals surface area contributed by atoms with Gasteiger partial charge in [-0.2, -0.15) is 26.3 Å². The van der Waals surface area contributed by atoms with Crippen LogP contribution >= 0.6 is 0 Å². The molecule has 0 fully saturated rings. The van der Waals surface area contributed by atoms with Crippen molar-refractivity contribution >= 4 is 5.91 Å². The minimum atomic E-state index is -6.30. The number of halogens is 7. The number of carbonyl (C=O) groups excluding carboxylic acids is 1. The Morgan fingerprint density at radius 3 is 1.53 bits per heavy atom. The highest BCUT2D eigenvalue weighted by Crippen LogP contribution is 2.50. The van der Waals surface area contributed by atoms with E-state index in [1.807, 2.05) is 0 Å². The van der Waals surface area contributed by atoms with Crippen molar-refractivity contribution in [2.45, 2.75) is 37.0 Å². The van der Waals surface area contributed by atoms with Crippen molar-refractivity contribution in [3.8, 4) is 0 Å². The second-order valence-corrected chi connectivity index (χ2v) is 4.45. The number of aliphatic hydroxyl groups is 1. The Morgan fingerprint density at radius 1 is 1.00 bits per heavy atom. The highest BCUT2D eigenvalue weighted by atomic mass is 19.4. The third kappa shape index (κ3) is 3.48. The van der Waals surface area contributed by atoms with E-state index in [-0.39, 0.29) is 0 Å². The molecule has 0 aromatic heterocycles. The number of alkyl halides is 7. The molecule has 0 heterocycles. The maximum Gasteiger partial charge on any atom is 0.431 e. The molecule has 1 amide bonds. The molecule has 0 rings (SSSR count). The highest BCUT2D eigenvalue weighted by molar-refractivity contribution is 5.84. The summed E-state index contributed by atoms with van der Waals surface area (Å²) >= 11 is 0. The quantitative estimate of drug-likeness (QED) is 0.810. The first kappa shape index (κ1) is 17.9. The number of carbonyl (C=O) groups is 1. The summed E-state index contributed by atoms with van der Waals surface area (Å²) in [7, 11) is 2.00. The van der Waals surface area contributed by atoms with E-state index in [9.17, 15) is 40.6 Å². The van der Waals surface area contributed by atoms with Gasteiger partial charge in [0.05, 0.1) is 0 Å². The Kier molecular flexibility index (Phi) is 4.53. The van der Waals surface area contributed by atoms with E-state index >= 15 is 0 Å². The maximum atomic E-state index is 13.3. The van der Waals surface area contributed by atoms with Crippen LogP contribution in [0.2, 0.25) is 0 Å². The summed E-state index contributed by atoms with van der Waals surface area (Å²) in [5.41, 5.74) is -8.82. The predicted molar refractivity (Wildman–Crippen MR) is 49.9 cm³/mol. The number of likely N-dealkylation sites (N-methyl/N-ethyl adjacent to an activating group) is 1. The summed E-state index contributed by atoms with van der Waals surface area (Å²) in [6.07, 6.45) is -15.1. The Bertz CT molecular complexity index is 331. The Hall–Kier alpha value is -1.06. The highest BCUT2D eigenvalue weighted by Gasteiger charge is 2.74. The van der Waals surface area contributed by atoms with E-state index in [1.165, 1.54) is 0 Å². The predicted octanol–water partition coefficient (Wildman–Crippen LogP) is 2.05. The average Bonchev–Trinajstić information content (AvgIpc) is 2.11. The molecule has 0 aromatic carbocycles. The van der Waals surface area contributed by atoms with E-state index < -0.39 is 36.0 Å². The van der Waals surface area contributed by atoms with Crippen LogP contribution in [0.15, 0.2) is 0 Å². The van der Waals surface area contributed by atoms with Gasteiger partial charge in [-0.3, -0.25) is 4.79 Å². The van der Waals surface area contributed by atoms with Crippen molar-refractivity contribution in [3.05, 3.63) is 0 Å². The zero-order valence-electron chi connectivity index (χ0n) is 10.2. The van der Waals surface area contributed by atoms with Gasteiger partial charge in [0.2, 0.25) is 0 Å². The van der Waals surface area contributed by atoms with Crippen molar-refractivity contribution in [2.75, 3.05) is 14.1 Å². The molecule has 0 saturated carbocycles. The van der Waals surface area contributed by atoms with Gasteiger partial charge in [0, 0.05) is 20.5 Å². The van der Waals surface area contributed by atoms with Gasteiger partial charge in [0.15, 0.2) is 0 Å². The second-order valence-electron chi connectivity index (χ2n) is 4.45. The molecule has 1 unspecified atom stereocenters. The molecule has 0 bridgehead atoms. The summed E-state index contributed by atoms with van der Waals surface area (Å²) < 4.78 is 86.9. The van der Waals surface area contributed by atoms with E-state index in [0.717, 1.165) is 14.1 Å². The van der Waals surface area contributed by atoms with Gasteiger partial charge in [0.25, 0.3) is 5.91 Å². The van der Waals surface area contributed by atoms with Crippen molar-refractivity contribution in [3.63, 3.8) is 0 Å². The lowest BCUT2D eigenvalue weighted by Crippen LogP contribution is -2.59. The van der Waals surface area contributed by atoms with Gasteiger partial charge < -0.3 is 10.0 Å². The van der Waals surface area contributed by atoms with Crippen molar-refractivity contribution in [2.24, 2.45) is 0 Å². The van der Waals surface area contributed by atoms with Crippen LogP contribution in [0.4, 0.5) is 30.7 Å². The van der Waals surface area contributed by atoms with Crippen LogP contribution in [-0.4, -0.2) is 53.6 Å². The van der Waals surface area contributed by atoms with Crippen molar-refractivity contribution in [1.82, 2.24) is 4.90 Å². The standard InChI is InChI=1S/C9H12F7NO2/c1-6(19,5(18)17(2)3)4-7(10,8(11,12)13)9(14,15)16/h19H,4H2,1-3H3. The number of hydrogen-bond acceptors (Lipinski definition) is 2. The number of rotatable bonds is 3. The molecular formula is C9H12F7NO2. The largest absolute Gasteiger partial charge is 0.431 e. The molecule has 19 heavy (non-hydrogen) atoms. The molecule has 0 spiro atoms. The molecule has 0 radical (unpaired) electrons. The first-order valence-corrected chi connectivity index (χ1v) is 4.83. The van der Waals surface area contributed by atoms with Gasteiger partial charge in [-0.1, -0.05) is 0 Å². The van der Waals surface area contributed by atoms with Crippen LogP contribution in [-0.2, 0) is 4.79 Å². The van der Waals surface area contributed by atoms with Crippen molar-refractivity contribution in [1.29, 1.82) is 0 Å². The summed E-state index contributed by atoms with van der Waals surface area (Å²) in [5.74, 6) is -1.47. The molecule has 0 aliphatic rings. The Labute approximate surface area is 104 Å². The normalized spacial score (nSPS) is 17.0.